The topological polar surface area (TPSA) is 34.1 Å². The Kier molecular flexibility index (Phi) is 4.04. The first-order valence-electron chi connectivity index (χ1n) is 3.49. The van der Waals surface area contributed by atoms with Gasteiger partial charge in [0.2, 0.25) is 0 Å². The van der Waals surface area contributed by atoms with Gasteiger partial charge >= 0.3 is 18.5 Å². The van der Waals surface area contributed by atoms with E-state index in [9.17, 15) is 47.9 Å². The van der Waals surface area contributed by atoms with Crippen LogP contribution in [-0.2, 0) is 9.84 Å². The zero-order chi connectivity index (χ0) is 14.3. The Morgan fingerprint density at radius 3 is 1.24 bits per heavy atom. The van der Waals surface area contributed by atoms with Crippen molar-refractivity contribution in [3.63, 3.8) is 0 Å². The summed E-state index contributed by atoms with van der Waals surface area (Å²) < 4.78 is 127. The Morgan fingerprint density at radius 1 is 0.765 bits per heavy atom. The highest BCUT2D eigenvalue weighted by molar-refractivity contribution is 7.92. The predicted octanol–water partition coefficient (Wildman–Crippen LogP) is 2.46. The van der Waals surface area contributed by atoms with Gasteiger partial charge in [-0.15, -0.1) is 0 Å². The summed E-state index contributed by atoms with van der Waals surface area (Å²) in [7, 11) is -6.47. The summed E-state index contributed by atoms with van der Waals surface area (Å²) in [6, 6.07) is 0. The van der Waals surface area contributed by atoms with Crippen molar-refractivity contribution < 1.29 is 47.9 Å². The fraction of sp³-hybridized carbons (Fsp3) is 1.00. The second kappa shape index (κ2) is 4.21. The van der Waals surface area contributed by atoms with Gasteiger partial charge < -0.3 is 0 Å². The highest BCUT2D eigenvalue weighted by Crippen LogP contribution is 2.39. The van der Waals surface area contributed by atoms with Crippen LogP contribution in [0, 0.1) is 0 Å². The van der Waals surface area contributed by atoms with Gasteiger partial charge in [0, 0.05) is 0 Å². The lowest BCUT2D eigenvalue weighted by molar-refractivity contribution is -0.226. The van der Waals surface area contributed by atoms with Crippen molar-refractivity contribution in [2.75, 3.05) is 5.75 Å². The lowest BCUT2D eigenvalue weighted by Gasteiger charge is -2.23. The van der Waals surface area contributed by atoms with E-state index in [1.165, 1.54) is 0 Å². The van der Waals surface area contributed by atoms with Gasteiger partial charge in [-0.3, -0.25) is 0 Å². The zero-order valence-corrected chi connectivity index (χ0v) is 8.23. The fourth-order valence-electron chi connectivity index (χ4n) is 0.904. The molecule has 0 radical (unpaired) electrons. The van der Waals surface area contributed by atoms with E-state index in [-0.39, 0.29) is 0 Å². The first kappa shape index (κ1) is 16.3. The molecule has 2 nitrogen and oxygen atoms in total. The van der Waals surface area contributed by atoms with Gasteiger partial charge in [-0.1, -0.05) is 0 Å². The van der Waals surface area contributed by atoms with E-state index in [0.29, 0.717) is 0 Å². The molecule has 0 aliphatic heterocycles. The third kappa shape index (κ3) is 5.00. The lowest BCUT2D eigenvalue weighted by Crippen LogP contribution is -2.50. The molecule has 0 aliphatic rings. The van der Waals surface area contributed by atoms with Crippen LogP contribution in [0.15, 0.2) is 0 Å². The molecule has 104 valence electrons. The monoisotopic (exact) mass is 298 g/mol. The standard InChI is InChI=1S/C5H3F9O2S/c6-3(7,8)1-17(15,16)2(4(9,10)11)5(12,13)14/h2H,1H2. The average molecular weight is 298 g/mol. The molecule has 0 atom stereocenters. The largest absolute Gasteiger partial charge is 0.414 e. The van der Waals surface area contributed by atoms with E-state index in [2.05, 4.69) is 0 Å². The van der Waals surface area contributed by atoms with Gasteiger partial charge in [-0.25, -0.2) is 8.42 Å². The third-order valence-electron chi connectivity index (χ3n) is 1.32. The summed E-state index contributed by atoms with van der Waals surface area (Å²) >= 11 is 0. The first-order chi connectivity index (χ1) is 7.07. The Balaban J connectivity index is 5.52. The number of hydrogen-bond acceptors (Lipinski definition) is 2. The van der Waals surface area contributed by atoms with Gasteiger partial charge in [-0.05, 0) is 0 Å². The number of alkyl halides is 9. The molecular weight excluding hydrogens is 295 g/mol. The number of rotatable bonds is 2. The quantitative estimate of drug-likeness (QED) is 0.734. The second-order valence-electron chi connectivity index (χ2n) is 2.89. The number of halogens is 9. The molecule has 0 aromatic carbocycles. The van der Waals surface area contributed by atoms with Crippen molar-refractivity contribution in [1.82, 2.24) is 0 Å². The van der Waals surface area contributed by atoms with Crippen molar-refractivity contribution in [3.05, 3.63) is 0 Å². The van der Waals surface area contributed by atoms with Crippen LogP contribution >= 0.6 is 0 Å². The minimum Gasteiger partial charge on any atom is -0.228 e. The molecular formula is C5H3F9O2S. The highest BCUT2D eigenvalue weighted by Gasteiger charge is 2.65. The van der Waals surface area contributed by atoms with Crippen LogP contribution in [0.3, 0.4) is 0 Å². The van der Waals surface area contributed by atoms with Gasteiger partial charge in [-0.2, -0.15) is 39.5 Å². The van der Waals surface area contributed by atoms with Gasteiger partial charge in [0.25, 0.3) is 5.25 Å². The Labute approximate surface area is 88.3 Å². The smallest absolute Gasteiger partial charge is 0.228 e. The van der Waals surface area contributed by atoms with Crippen LogP contribution < -0.4 is 0 Å². The van der Waals surface area contributed by atoms with Gasteiger partial charge in [0.05, 0.1) is 0 Å². The molecule has 0 amide bonds. The molecule has 0 aromatic rings. The summed E-state index contributed by atoms with van der Waals surface area (Å²) in [6.45, 7) is 0. The molecule has 0 unspecified atom stereocenters. The van der Waals surface area contributed by atoms with E-state index in [4.69, 9.17) is 0 Å². The maximum absolute atomic E-state index is 11.8. The molecule has 0 saturated carbocycles. The molecule has 0 heterocycles. The molecule has 0 fully saturated rings. The molecule has 0 saturated heterocycles. The minimum absolute atomic E-state index is 3.19. The minimum atomic E-state index is -6.47. The Bertz CT molecular complexity index is 344. The van der Waals surface area contributed by atoms with E-state index in [1.807, 2.05) is 0 Å². The molecule has 0 rings (SSSR count). The zero-order valence-electron chi connectivity index (χ0n) is 7.41. The van der Waals surface area contributed by atoms with Gasteiger partial charge in [0.1, 0.15) is 5.75 Å². The van der Waals surface area contributed by atoms with E-state index < -0.39 is 39.4 Å². The summed E-state index contributed by atoms with van der Waals surface area (Å²) in [6.07, 6.45) is -18.4. The summed E-state index contributed by atoms with van der Waals surface area (Å²) in [5.74, 6) is -3.19. The summed E-state index contributed by atoms with van der Waals surface area (Å²) in [5, 5.41) is -5.04. The molecule has 0 N–H and O–H groups in total. The number of hydrogen-bond donors (Lipinski definition) is 0. The summed E-state index contributed by atoms with van der Waals surface area (Å²) in [5.41, 5.74) is 0. The third-order valence-corrected chi connectivity index (χ3v) is 3.30. The van der Waals surface area contributed by atoms with Crippen LogP contribution in [0.1, 0.15) is 0 Å². The van der Waals surface area contributed by atoms with Crippen LogP contribution in [0.2, 0.25) is 0 Å². The fourth-order valence-corrected chi connectivity index (χ4v) is 2.34. The maximum Gasteiger partial charge on any atom is 0.414 e. The molecule has 0 aromatic heterocycles. The normalized spacial score (nSPS) is 15.4. The van der Waals surface area contributed by atoms with E-state index in [1.54, 1.807) is 0 Å². The van der Waals surface area contributed by atoms with Crippen LogP contribution in [-0.4, -0.2) is 37.9 Å². The number of sulfone groups is 1. The Hall–Kier alpha value is -0.680. The van der Waals surface area contributed by atoms with Crippen molar-refractivity contribution >= 4 is 9.84 Å². The average Bonchev–Trinajstić information content (AvgIpc) is 1.66. The van der Waals surface area contributed by atoms with E-state index in [0.717, 1.165) is 0 Å². The Morgan fingerprint density at radius 2 is 1.06 bits per heavy atom. The molecule has 0 aliphatic carbocycles. The second-order valence-corrected chi connectivity index (χ2v) is 4.97. The van der Waals surface area contributed by atoms with Crippen molar-refractivity contribution in [2.24, 2.45) is 0 Å². The van der Waals surface area contributed by atoms with Crippen molar-refractivity contribution in [3.8, 4) is 0 Å². The predicted molar refractivity (Wildman–Crippen MR) is 35.7 cm³/mol. The molecule has 12 heteroatoms. The highest BCUT2D eigenvalue weighted by atomic mass is 32.2. The van der Waals surface area contributed by atoms with Crippen LogP contribution in [0.5, 0.6) is 0 Å². The van der Waals surface area contributed by atoms with Crippen LogP contribution in [0.4, 0.5) is 39.5 Å². The van der Waals surface area contributed by atoms with Crippen molar-refractivity contribution in [2.45, 2.75) is 23.8 Å². The SMILES string of the molecule is O=S(=O)(CC(F)(F)F)C(C(F)(F)F)C(F)(F)F. The lowest BCUT2D eigenvalue weighted by atomic mass is 10.4. The first-order valence-corrected chi connectivity index (χ1v) is 5.20. The molecule has 0 bridgehead atoms. The van der Waals surface area contributed by atoms with Gasteiger partial charge in [0.15, 0.2) is 9.84 Å². The molecule has 17 heavy (non-hydrogen) atoms. The summed E-state index contributed by atoms with van der Waals surface area (Å²) in [4.78, 5) is 0. The van der Waals surface area contributed by atoms with Crippen LogP contribution in [0.25, 0.3) is 0 Å². The molecule has 0 spiro atoms. The van der Waals surface area contributed by atoms with E-state index >= 15 is 0 Å². The maximum atomic E-state index is 11.8. The van der Waals surface area contributed by atoms with Crippen molar-refractivity contribution in [1.29, 1.82) is 0 Å².